The molecule has 0 amide bonds. The second kappa shape index (κ2) is 7.00. The molecule has 3 atom stereocenters. The molecule has 0 aliphatic heterocycles. The molecule has 26 heavy (non-hydrogen) atoms. The van der Waals surface area contributed by atoms with Crippen LogP contribution in [0.4, 0.5) is 0 Å². The van der Waals surface area contributed by atoms with Crippen molar-refractivity contribution in [3.63, 3.8) is 0 Å². The summed E-state index contributed by atoms with van der Waals surface area (Å²) in [5.74, 6) is -1.99. The van der Waals surface area contributed by atoms with E-state index in [0.29, 0.717) is 0 Å². The summed E-state index contributed by atoms with van der Waals surface area (Å²) >= 11 is 0. The standard InChI is InChI=1S/C19H30O7/c1-16(2,13(21)24-6)9-17(3)10-18(4,14(22)25-7)11-19(5,12(17)20)15(23)26-8/h9-11H2,1-8H3. The number of carbonyl (C=O) groups excluding carboxylic acids is 4. The summed E-state index contributed by atoms with van der Waals surface area (Å²) in [6.07, 6.45) is 0.287. The number of hydrogen-bond acceptors (Lipinski definition) is 7. The molecule has 0 aromatic heterocycles. The number of ketones is 1. The zero-order chi connectivity index (χ0) is 20.6. The highest BCUT2D eigenvalue weighted by Crippen LogP contribution is 2.56. The van der Waals surface area contributed by atoms with E-state index in [1.165, 1.54) is 28.3 Å². The van der Waals surface area contributed by atoms with Crippen LogP contribution in [0.5, 0.6) is 0 Å². The number of Topliss-reactive ketones (excluding diaryl/α,β-unsaturated/α-hetero) is 1. The van der Waals surface area contributed by atoms with Crippen LogP contribution in [0.25, 0.3) is 0 Å². The number of esters is 3. The van der Waals surface area contributed by atoms with Gasteiger partial charge in [0, 0.05) is 5.41 Å². The molecule has 7 nitrogen and oxygen atoms in total. The average Bonchev–Trinajstić information content (AvgIpc) is 2.56. The largest absolute Gasteiger partial charge is 0.469 e. The Labute approximate surface area is 154 Å². The predicted octanol–water partition coefficient (Wildman–Crippen LogP) is 2.30. The minimum Gasteiger partial charge on any atom is -0.469 e. The van der Waals surface area contributed by atoms with Crippen molar-refractivity contribution in [3.8, 4) is 0 Å². The SMILES string of the molecule is COC(=O)C(C)(C)CC1(C)CC(C)(C(=O)OC)CC(C)(C(=O)OC)C1=O. The molecule has 0 saturated heterocycles. The van der Waals surface area contributed by atoms with Crippen LogP contribution in [0.3, 0.4) is 0 Å². The van der Waals surface area contributed by atoms with Crippen LogP contribution in [-0.4, -0.2) is 45.0 Å². The van der Waals surface area contributed by atoms with Crippen molar-refractivity contribution in [2.75, 3.05) is 21.3 Å². The first-order chi connectivity index (χ1) is 11.7. The third kappa shape index (κ3) is 3.62. The van der Waals surface area contributed by atoms with E-state index in [2.05, 4.69) is 0 Å². The van der Waals surface area contributed by atoms with Gasteiger partial charge in [0.05, 0.1) is 32.2 Å². The second-order valence-electron chi connectivity index (χ2n) is 8.67. The minimum atomic E-state index is -1.50. The van der Waals surface area contributed by atoms with Gasteiger partial charge < -0.3 is 14.2 Å². The summed E-state index contributed by atoms with van der Waals surface area (Å²) in [6, 6.07) is 0. The molecule has 0 aromatic rings. The zero-order valence-electron chi connectivity index (χ0n) is 17.0. The summed E-state index contributed by atoms with van der Waals surface area (Å²) in [5.41, 5.74) is -4.64. The highest BCUT2D eigenvalue weighted by molar-refractivity contribution is 6.07. The maximum absolute atomic E-state index is 13.4. The van der Waals surface area contributed by atoms with Crippen LogP contribution in [0.1, 0.15) is 53.9 Å². The fourth-order valence-corrected chi connectivity index (χ4v) is 4.78. The zero-order valence-corrected chi connectivity index (χ0v) is 17.0. The Bertz CT molecular complexity index is 619. The highest BCUT2D eigenvalue weighted by Gasteiger charge is 2.63. The number of hydrogen-bond donors (Lipinski definition) is 0. The summed E-state index contributed by atoms with van der Waals surface area (Å²) < 4.78 is 14.6. The van der Waals surface area contributed by atoms with E-state index in [1.807, 2.05) is 0 Å². The number of carbonyl (C=O) groups is 4. The van der Waals surface area contributed by atoms with E-state index < -0.39 is 39.6 Å². The van der Waals surface area contributed by atoms with Crippen molar-refractivity contribution in [2.24, 2.45) is 21.7 Å². The Balaban J connectivity index is 3.49. The summed E-state index contributed by atoms with van der Waals surface area (Å²) in [6.45, 7) is 8.20. The lowest BCUT2D eigenvalue weighted by Crippen LogP contribution is -2.58. The minimum absolute atomic E-state index is 0.00752. The molecule has 1 fully saturated rings. The van der Waals surface area contributed by atoms with Gasteiger partial charge in [0.15, 0.2) is 5.78 Å². The monoisotopic (exact) mass is 370 g/mol. The lowest BCUT2D eigenvalue weighted by molar-refractivity contribution is -0.178. The molecule has 0 heterocycles. The van der Waals surface area contributed by atoms with Gasteiger partial charge in [-0.25, -0.2) is 0 Å². The molecule has 1 aliphatic rings. The lowest BCUT2D eigenvalue weighted by atomic mass is 9.51. The first kappa shape index (κ1) is 22.1. The molecule has 0 spiro atoms. The Kier molecular flexibility index (Phi) is 5.96. The van der Waals surface area contributed by atoms with Gasteiger partial charge in [0.1, 0.15) is 5.41 Å². The second-order valence-corrected chi connectivity index (χ2v) is 8.67. The van der Waals surface area contributed by atoms with E-state index in [4.69, 9.17) is 14.2 Å². The maximum atomic E-state index is 13.4. The van der Waals surface area contributed by atoms with Gasteiger partial charge in [-0.3, -0.25) is 19.2 Å². The third-order valence-corrected chi connectivity index (χ3v) is 5.46. The predicted molar refractivity (Wildman–Crippen MR) is 93.0 cm³/mol. The Morgan fingerprint density at radius 2 is 1.42 bits per heavy atom. The molecule has 148 valence electrons. The van der Waals surface area contributed by atoms with Crippen molar-refractivity contribution in [2.45, 2.75) is 53.9 Å². The topological polar surface area (TPSA) is 96.0 Å². The van der Waals surface area contributed by atoms with E-state index in [0.717, 1.165) is 0 Å². The third-order valence-electron chi connectivity index (χ3n) is 5.46. The highest BCUT2D eigenvalue weighted by atomic mass is 16.5. The maximum Gasteiger partial charge on any atom is 0.319 e. The summed E-state index contributed by atoms with van der Waals surface area (Å²) in [4.78, 5) is 50.4. The number of ether oxygens (including phenoxy) is 3. The van der Waals surface area contributed by atoms with Crippen LogP contribution in [0.15, 0.2) is 0 Å². The molecule has 1 aliphatic carbocycles. The molecular formula is C19H30O7. The summed E-state index contributed by atoms with van der Waals surface area (Å²) in [5, 5.41) is 0. The molecule has 0 bridgehead atoms. The smallest absolute Gasteiger partial charge is 0.319 e. The van der Waals surface area contributed by atoms with Crippen molar-refractivity contribution < 1.29 is 33.4 Å². The van der Waals surface area contributed by atoms with Crippen molar-refractivity contribution in [1.82, 2.24) is 0 Å². The van der Waals surface area contributed by atoms with Gasteiger partial charge >= 0.3 is 17.9 Å². The first-order valence-corrected chi connectivity index (χ1v) is 8.52. The van der Waals surface area contributed by atoms with Crippen molar-refractivity contribution in [1.29, 1.82) is 0 Å². The molecule has 7 heteroatoms. The van der Waals surface area contributed by atoms with Crippen LogP contribution < -0.4 is 0 Å². The number of rotatable bonds is 5. The van der Waals surface area contributed by atoms with Gasteiger partial charge in [-0.05, 0) is 47.0 Å². The fraction of sp³-hybridized carbons (Fsp3) is 0.789. The van der Waals surface area contributed by atoms with Crippen LogP contribution >= 0.6 is 0 Å². The van der Waals surface area contributed by atoms with Gasteiger partial charge in [0.2, 0.25) is 0 Å². The van der Waals surface area contributed by atoms with Gasteiger partial charge in [-0.1, -0.05) is 6.92 Å². The molecule has 3 unspecified atom stereocenters. The van der Waals surface area contributed by atoms with E-state index in [9.17, 15) is 19.2 Å². The van der Waals surface area contributed by atoms with Gasteiger partial charge in [-0.2, -0.15) is 0 Å². The van der Waals surface area contributed by atoms with E-state index in [-0.39, 0.29) is 25.0 Å². The molecule has 1 rings (SSSR count). The molecule has 0 aromatic carbocycles. The van der Waals surface area contributed by atoms with Gasteiger partial charge in [0.25, 0.3) is 0 Å². The Morgan fingerprint density at radius 3 is 1.85 bits per heavy atom. The van der Waals surface area contributed by atoms with Crippen LogP contribution in [0.2, 0.25) is 0 Å². The molecule has 0 N–H and O–H groups in total. The van der Waals surface area contributed by atoms with Crippen LogP contribution in [0, 0.1) is 21.7 Å². The van der Waals surface area contributed by atoms with E-state index in [1.54, 1.807) is 27.7 Å². The molecule has 1 saturated carbocycles. The number of methoxy groups -OCH3 is 3. The van der Waals surface area contributed by atoms with Gasteiger partial charge in [-0.15, -0.1) is 0 Å². The van der Waals surface area contributed by atoms with Crippen molar-refractivity contribution in [3.05, 3.63) is 0 Å². The van der Waals surface area contributed by atoms with E-state index >= 15 is 0 Å². The Morgan fingerprint density at radius 1 is 0.923 bits per heavy atom. The first-order valence-electron chi connectivity index (χ1n) is 8.52. The normalized spacial score (nSPS) is 31.9. The molecule has 0 radical (unpaired) electrons. The van der Waals surface area contributed by atoms with Crippen molar-refractivity contribution >= 4 is 23.7 Å². The average molecular weight is 370 g/mol. The Hall–Kier alpha value is -1.92. The fourth-order valence-electron chi connectivity index (χ4n) is 4.78. The quantitative estimate of drug-likeness (QED) is 0.416. The summed E-state index contributed by atoms with van der Waals surface area (Å²) in [7, 11) is 3.77. The lowest BCUT2D eigenvalue weighted by Gasteiger charge is -2.50. The molecular weight excluding hydrogens is 340 g/mol. The van der Waals surface area contributed by atoms with Crippen LogP contribution in [-0.2, 0) is 33.4 Å².